The Morgan fingerprint density at radius 3 is 2.65 bits per heavy atom. The van der Waals surface area contributed by atoms with Gasteiger partial charge >= 0.3 is 0 Å². The lowest BCUT2D eigenvalue weighted by molar-refractivity contribution is 0.207. The van der Waals surface area contributed by atoms with Gasteiger partial charge in [-0.05, 0) is 23.8 Å². The second-order valence-corrected chi connectivity index (χ2v) is 4.66. The van der Waals surface area contributed by atoms with Crippen LogP contribution in [0.3, 0.4) is 0 Å². The summed E-state index contributed by atoms with van der Waals surface area (Å²) in [5.74, 6) is 0.571. The molecule has 4 heteroatoms. The fourth-order valence-electron chi connectivity index (χ4n) is 2.32. The van der Waals surface area contributed by atoms with Crippen molar-refractivity contribution in [1.82, 2.24) is 9.55 Å². The molecule has 0 amide bonds. The molecule has 0 saturated heterocycles. The van der Waals surface area contributed by atoms with Crippen LogP contribution in [0.2, 0.25) is 0 Å². The van der Waals surface area contributed by atoms with Gasteiger partial charge in [-0.2, -0.15) is 5.26 Å². The van der Waals surface area contributed by atoms with Gasteiger partial charge in [-0.1, -0.05) is 30.3 Å². The van der Waals surface area contributed by atoms with Crippen LogP contribution < -0.4 is 0 Å². The summed E-state index contributed by atoms with van der Waals surface area (Å²) in [7, 11) is 1.86. The molecular weight excluding hydrogens is 250 g/mol. The molecule has 0 aliphatic heterocycles. The zero-order chi connectivity index (χ0) is 14.1. The number of hydrogen-bond donors (Lipinski definition) is 1. The number of nitriles is 1. The molecule has 1 heterocycles. The molecule has 3 rings (SSSR count). The molecule has 2 aromatic carbocycles. The summed E-state index contributed by atoms with van der Waals surface area (Å²) >= 11 is 0. The van der Waals surface area contributed by atoms with Crippen molar-refractivity contribution in [3.63, 3.8) is 0 Å². The van der Waals surface area contributed by atoms with E-state index in [2.05, 4.69) is 11.1 Å². The van der Waals surface area contributed by atoms with Crippen molar-refractivity contribution >= 4 is 11.0 Å². The maximum Gasteiger partial charge on any atom is 0.143 e. The highest BCUT2D eigenvalue weighted by molar-refractivity contribution is 5.77. The largest absolute Gasteiger partial charge is 0.380 e. The van der Waals surface area contributed by atoms with Crippen LogP contribution in [0.15, 0.2) is 48.5 Å². The first-order chi connectivity index (χ1) is 9.70. The van der Waals surface area contributed by atoms with Crippen LogP contribution in [-0.4, -0.2) is 14.7 Å². The van der Waals surface area contributed by atoms with Crippen LogP contribution in [0.4, 0.5) is 0 Å². The number of imidazole rings is 1. The van der Waals surface area contributed by atoms with Gasteiger partial charge in [0.05, 0.1) is 22.7 Å². The smallest absolute Gasteiger partial charge is 0.143 e. The van der Waals surface area contributed by atoms with E-state index in [0.29, 0.717) is 11.4 Å². The lowest BCUT2D eigenvalue weighted by atomic mass is 10.1. The summed E-state index contributed by atoms with van der Waals surface area (Å²) < 4.78 is 1.86. The number of aromatic nitrogens is 2. The standard InChI is InChI=1S/C16H13N3O/c1-19-14-8-7-11(10-17)9-13(14)18-16(19)15(20)12-5-3-2-4-6-12/h2-9,15,20H,1H3. The summed E-state index contributed by atoms with van der Waals surface area (Å²) in [4.78, 5) is 4.46. The molecule has 0 aliphatic carbocycles. The number of hydrogen-bond acceptors (Lipinski definition) is 3. The average molecular weight is 263 g/mol. The fourth-order valence-corrected chi connectivity index (χ4v) is 2.32. The normalized spacial score (nSPS) is 12.2. The minimum atomic E-state index is -0.779. The van der Waals surface area contributed by atoms with E-state index in [1.807, 2.05) is 48.0 Å². The topological polar surface area (TPSA) is 61.8 Å². The van der Waals surface area contributed by atoms with E-state index in [-0.39, 0.29) is 0 Å². The molecule has 98 valence electrons. The van der Waals surface area contributed by atoms with Crippen LogP contribution in [-0.2, 0) is 7.05 Å². The lowest BCUT2D eigenvalue weighted by Gasteiger charge is -2.10. The van der Waals surface area contributed by atoms with E-state index < -0.39 is 6.10 Å². The first-order valence-electron chi connectivity index (χ1n) is 6.30. The van der Waals surface area contributed by atoms with E-state index in [1.54, 1.807) is 12.1 Å². The maximum atomic E-state index is 10.5. The average Bonchev–Trinajstić information content (AvgIpc) is 2.84. The molecule has 3 aromatic rings. The minimum Gasteiger partial charge on any atom is -0.380 e. The molecule has 1 atom stereocenters. The fraction of sp³-hybridized carbons (Fsp3) is 0.125. The SMILES string of the molecule is Cn1c(C(O)c2ccccc2)nc2cc(C#N)ccc21. The quantitative estimate of drug-likeness (QED) is 0.772. The number of nitrogens with zero attached hydrogens (tertiary/aromatic N) is 3. The van der Waals surface area contributed by atoms with Crippen LogP contribution in [0.25, 0.3) is 11.0 Å². The number of benzene rings is 2. The lowest BCUT2D eigenvalue weighted by Crippen LogP contribution is -2.06. The van der Waals surface area contributed by atoms with Crippen molar-refractivity contribution in [3.05, 3.63) is 65.5 Å². The summed E-state index contributed by atoms with van der Waals surface area (Å²) in [5.41, 5.74) is 2.98. The highest BCUT2D eigenvalue weighted by Gasteiger charge is 2.17. The highest BCUT2D eigenvalue weighted by Crippen LogP contribution is 2.25. The van der Waals surface area contributed by atoms with Crippen LogP contribution in [0, 0.1) is 11.3 Å². The van der Waals surface area contributed by atoms with Crippen LogP contribution >= 0.6 is 0 Å². The Hall–Kier alpha value is -2.64. The third-order valence-electron chi connectivity index (χ3n) is 3.40. The van der Waals surface area contributed by atoms with Gasteiger partial charge in [-0.3, -0.25) is 0 Å². The van der Waals surface area contributed by atoms with E-state index >= 15 is 0 Å². The van der Waals surface area contributed by atoms with Crippen LogP contribution in [0.5, 0.6) is 0 Å². The van der Waals surface area contributed by atoms with Gasteiger partial charge in [0, 0.05) is 7.05 Å². The molecular formula is C16H13N3O. The molecule has 1 N–H and O–H groups in total. The van der Waals surface area contributed by atoms with Crippen molar-refractivity contribution in [2.24, 2.45) is 7.05 Å². The van der Waals surface area contributed by atoms with Gasteiger partial charge in [0.25, 0.3) is 0 Å². The first kappa shape index (κ1) is 12.4. The number of aryl methyl sites for hydroxylation is 1. The Bertz CT molecular complexity index is 800. The van der Waals surface area contributed by atoms with Gasteiger partial charge in [0.15, 0.2) is 0 Å². The summed E-state index contributed by atoms with van der Waals surface area (Å²) in [5, 5.41) is 19.4. The molecule has 4 nitrogen and oxygen atoms in total. The van der Waals surface area contributed by atoms with Gasteiger partial charge in [0.2, 0.25) is 0 Å². The highest BCUT2D eigenvalue weighted by atomic mass is 16.3. The summed E-state index contributed by atoms with van der Waals surface area (Å²) in [6.45, 7) is 0. The maximum absolute atomic E-state index is 10.5. The van der Waals surface area contributed by atoms with E-state index in [4.69, 9.17) is 5.26 Å². The predicted octanol–water partition coefficient (Wildman–Crippen LogP) is 2.53. The Kier molecular flexibility index (Phi) is 2.97. The Morgan fingerprint density at radius 2 is 1.95 bits per heavy atom. The zero-order valence-electron chi connectivity index (χ0n) is 11.0. The second-order valence-electron chi connectivity index (χ2n) is 4.66. The number of aliphatic hydroxyl groups excluding tert-OH is 1. The third kappa shape index (κ3) is 1.94. The Morgan fingerprint density at radius 1 is 1.20 bits per heavy atom. The van der Waals surface area contributed by atoms with Crippen molar-refractivity contribution in [3.8, 4) is 6.07 Å². The molecule has 0 fully saturated rings. The molecule has 0 spiro atoms. The van der Waals surface area contributed by atoms with Crippen LogP contribution in [0.1, 0.15) is 23.1 Å². The number of aliphatic hydroxyl groups is 1. The van der Waals surface area contributed by atoms with Gasteiger partial charge in [-0.15, -0.1) is 0 Å². The Balaban J connectivity index is 2.13. The van der Waals surface area contributed by atoms with Crippen molar-refractivity contribution in [1.29, 1.82) is 5.26 Å². The molecule has 1 aromatic heterocycles. The van der Waals surface area contributed by atoms with E-state index in [0.717, 1.165) is 16.6 Å². The minimum absolute atomic E-state index is 0.566. The molecule has 20 heavy (non-hydrogen) atoms. The molecule has 0 bridgehead atoms. The number of rotatable bonds is 2. The van der Waals surface area contributed by atoms with Gasteiger partial charge in [0.1, 0.15) is 11.9 Å². The third-order valence-corrected chi connectivity index (χ3v) is 3.40. The molecule has 0 aliphatic rings. The first-order valence-corrected chi connectivity index (χ1v) is 6.30. The molecule has 0 radical (unpaired) electrons. The van der Waals surface area contributed by atoms with Gasteiger partial charge < -0.3 is 9.67 Å². The zero-order valence-corrected chi connectivity index (χ0v) is 11.0. The summed E-state index contributed by atoms with van der Waals surface area (Å²) in [6, 6.07) is 16.8. The van der Waals surface area contributed by atoms with Gasteiger partial charge in [-0.25, -0.2) is 4.98 Å². The van der Waals surface area contributed by atoms with E-state index in [1.165, 1.54) is 0 Å². The van der Waals surface area contributed by atoms with Crippen molar-refractivity contribution < 1.29 is 5.11 Å². The predicted molar refractivity (Wildman–Crippen MR) is 75.9 cm³/mol. The molecule has 1 unspecified atom stereocenters. The summed E-state index contributed by atoms with van der Waals surface area (Å²) in [6.07, 6.45) is -0.779. The Labute approximate surface area is 116 Å². The van der Waals surface area contributed by atoms with E-state index in [9.17, 15) is 5.11 Å². The van der Waals surface area contributed by atoms with Crippen molar-refractivity contribution in [2.45, 2.75) is 6.10 Å². The number of fused-ring (bicyclic) bond motifs is 1. The molecule has 0 saturated carbocycles. The van der Waals surface area contributed by atoms with Crippen molar-refractivity contribution in [2.75, 3.05) is 0 Å². The monoisotopic (exact) mass is 263 g/mol. The second kappa shape index (κ2) is 4.80.